The number of hydrogen-bond donors (Lipinski definition) is 2. The summed E-state index contributed by atoms with van der Waals surface area (Å²) in [6, 6.07) is 17.4. The van der Waals surface area contributed by atoms with E-state index >= 15 is 0 Å². The van der Waals surface area contributed by atoms with Crippen LogP contribution in [0, 0.1) is 0 Å². The molecule has 3 aromatic rings. The van der Waals surface area contributed by atoms with Crippen molar-refractivity contribution in [3.8, 4) is 0 Å². The fourth-order valence-corrected chi connectivity index (χ4v) is 3.26. The molecule has 2 N–H and O–H groups in total. The Hall–Kier alpha value is -3.34. The molecule has 0 bridgehead atoms. The fraction of sp³-hybridized carbons (Fsp3) is 0.143. The van der Waals surface area contributed by atoms with Crippen LogP contribution in [0.5, 0.6) is 0 Å². The van der Waals surface area contributed by atoms with Gasteiger partial charge >= 0.3 is 0 Å². The molecule has 0 unspecified atom stereocenters. The SMILES string of the molecule is O=C(Nc1c[nH]ccc1=O)c1ccc(CN2CCc3ccccc32)cc1. The Morgan fingerprint density at radius 3 is 2.69 bits per heavy atom. The molecule has 1 aromatic heterocycles. The maximum atomic E-state index is 12.3. The molecule has 0 saturated carbocycles. The molecule has 0 fully saturated rings. The van der Waals surface area contributed by atoms with Gasteiger partial charge in [-0.05, 0) is 35.7 Å². The second-order valence-electron chi connectivity index (χ2n) is 6.37. The maximum absolute atomic E-state index is 12.3. The minimum atomic E-state index is -0.292. The molecular weight excluding hydrogens is 326 g/mol. The van der Waals surface area contributed by atoms with Crippen molar-refractivity contribution < 1.29 is 4.79 Å². The van der Waals surface area contributed by atoms with Crippen molar-refractivity contribution in [3.05, 3.63) is 93.9 Å². The summed E-state index contributed by atoms with van der Waals surface area (Å²) in [4.78, 5) is 29.2. The number of benzene rings is 2. The number of para-hydroxylation sites is 1. The predicted octanol–water partition coefficient (Wildman–Crippen LogP) is 3.19. The van der Waals surface area contributed by atoms with Gasteiger partial charge in [0.2, 0.25) is 5.43 Å². The lowest BCUT2D eigenvalue weighted by Crippen LogP contribution is -2.20. The third-order valence-corrected chi connectivity index (χ3v) is 4.65. The fourth-order valence-electron chi connectivity index (χ4n) is 3.26. The Balaban J connectivity index is 1.45. The van der Waals surface area contributed by atoms with Gasteiger partial charge in [0.05, 0.1) is 0 Å². The molecule has 130 valence electrons. The monoisotopic (exact) mass is 345 g/mol. The van der Waals surface area contributed by atoms with Crippen LogP contribution >= 0.6 is 0 Å². The lowest BCUT2D eigenvalue weighted by Gasteiger charge is -2.19. The van der Waals surface area contributed by atoms with Gasteiger partial charge in [-0.25, -0.2) is 0 Å². The zero-order chi connectivity index (χ0) is 17.9. The molecule has 2 aromatic carbocycles. The number of nitrogens with zero attached hydrogens (tertiary/aromatic N) is 1. The predicted molar refractivity (Wildman–Crippen MR) is 103 cm³/mol. The molecule has 0 spiro atoms. The Kier molecular flexibility index (Phi) is 4.27. The number of pyridine rings is 1. The van der Waals surface area contributed by atoms with Gasteiger partial charge in [-0.15, -0.1) is 0 Å². The number of hydrogen-bond acceptors (Lipinski definition) is 3. The Bertz CT molecular complexity index is 992. The number of rotatable bonds is 4. The highest BCUT2D eigenvalue weighted by Gasteiger charge is 2.18. The number of carbonyl (C=O) groups is 1. The van der Waals surface area contributed by atoms with Gasteiger partial charge in [-0.2, -0.15) is 0 Å². The van der Waals surface area contributed by atoms with Gasteiger partial charge in [-0.1, -0.05) is 30.3 Å². The summed E-state index contributed by atoms with van der Waals surface area (Å²) in [7, 11) is 0. The molecular formula is C21H19N3O2. The molecule has 5 nitrogen and oxygen atoms in total. The topological polar surface area (TPSA) is 65.2 Å². The van der Waals surface area contributed by atoms with Crippen molar-refractivity contribution in [2.45, 2.75) is 13.0 Å². The molecule has 2 heterocycles. The van der Waals surface area contributed by atoms with E-state index < -0.39 is 0 Å². The first-order valence-electron chi connectivity index (χ1n) is 8.61. The van der Waals surface area contributed by atoms with Crippen molar-refractivity contribution in [2.24, 2.45) is 0 Å². The third kappa shape index (κ3) is 3.24. The summed E-state index contributed by atoms with van der Waals surface area (Å²) < 4.78 is 0. The van der Waals surface area contributed by atoms with Crippen LogP contribution in [0.2, 0.25) is 0 Å². The Labute approximate surface area is 151 Å². The number of nitrogens with one attached hydrogen (secondary N) is 2. The average Bonchev–Trinajstić information content (AvgIpc) is 3.07. The number of aromatic nitrogens is 1. The lowest BCUT2D eigenvalue weighted by molar-refractivity contribution is 0.102. The first-order chi connectivity index (χ1) is 12.7. The number of amides is 1. The number of carbonyl (C=O) groups excluding carboxylic acids is 1. The van der Waals surface area contributed by atoms with Crippen LogP contribution < -0.4 is 15.6 Å². The first kappa shape index (κ1) is 16.1. The number of anilines is 2. The lowest BCUT2D eigenvalue weighted by atomic mass is 10.1. The van der Waals surface area contributed by atoms with E-state index in [4.69, 9.17) is 0 Å². The van der Waals surface area contributed by atoms with E-state index in [2.05, 4.69) is 39.5 Å². The third-order valence-electron chi connectivity index (χ3n) is 4.65. The van der Waals surface area contributed by atoms with Crippen LogP contribution in [-0.2, 0) is 13.0 Å². The summed E-state index contributed by atoms with van der Waals surface area (Å²) in [5.74, 6) is -0.292. The van der Waals surface area contributed by atoms with Crippen LogP contribution in [-0.4, -0.2) is 17.4 Å². The van der Waals surface area contributed by atoms with Crippen LogP contribution in [0.25, 0.3) is 0 Å². The second-order valence-corrected chi connectivity index (χ2v) is 6.37. The highest BCUT2D eigenvalue weighted by molar-refractivity contribution is 6.04. The van der Waals surface area contributed by atoms with Gasteiger partial charge in [0.25, 0.3) is 5.91 Å². The highest BCUT2D eigenvalue weighted by Crippen LogP contribution is 2.28. The van der Waals surface area contributed by atoms with Crippen LogP contribution in [0.1, 0.15) is 21.5 Å². The van der Waals surface area contributed by atoms with Gasteiger partial charge in [0.1, 0.15) is 5.69 Å². The van der Waals surface area contributed by atoms with Crippen molar-refractivity contribution in [2.75, 3.05) is 16.8 Å². The van der Waals surface area contributed by atoms with Crippen LogP contribution in [0.15, 0.2) is 71.8 Å². The summed E-state index contributed by atoms with van der Waals surface area (Å²) in [5.41, 5.74) is 4.38. The molecule has 1 aliphatic heterocycles. The molecule has 5 heteroatoms. The van der Waals surface area contributed by atoms with E-state index in [0.717, 1.165) is 25.1 Å². The van der Waals surface area contributed by atoms with Gasteiger partial charge < -0.3 is 15.2 Å². The summed E-state index contributed by atoms with van der Waals surface area (Å²) >= 11 is 0. The number of aromatic amines is 1. The summed E-state index contributed by atoms with van der Waals surface area (Å²) in [6.07, 6.45) is 4.09. The standard InChI is InChI=1S/C21H19N3O2/c25-20-9-11-22-13-18(20)23-21(26)17-7-5-15(6-8-17)14-24-12-10-16-3-1-2-4-19(16)24/h1-9,11,13H,10,12,14H2,(H,22,25)(H,23,26). The van der Waals surface area contributed by atoms with E-state index in [1.165, 1.54) is 29.7 Å². The molecule has 26 heavy (non-hydrogen) atoms. The largest absolute Gasteiger partial charge is 0.367 e. The van der Waals surface area contributed by atoms with Gasteiger partial charge in [0.15, 0.2) is 0 Å². The van der Waals surface area contributed by atoms with Crippen molar-refractivity contribution in [1.29, 1.82) is 0 Å². The van der Waals surface area contributed by atoms with E-state index in [0.29, 0.717) is 5.56 Å². The molecule has 1 aliphatic rings. The van der Waals surface area contributed by atoms with Crippen molar-refractivity contribution >= 4 is 17.3 Å². The molecule has 4 rings (SSSR count). The van der Waals surface area contributed by atoms with Crippen molar-refractivity contribution in [1.82, 2.24) is 4.98 Å². The van der Waals surface area contributed by atoms with Crippen LogP contribution in [0.3, 0.4) is 0 Å². The second kappa shape index (κ2) is 6.88. The Morgan fingerprint density at radius 1 is 1.08 bits per heavy atom. The smallest absolute Gasteiger partial charge is 0.255 e. The average molecular weight is 345 g/mol. The molecule has 1 amide bonds. The Morgan fingerprint density at radius 2 is 1.88 bits per heavy atom. The molecule has 0 aliphatic carbocycles. The van der Waals surface area contributed by atoms with E-state index in [1.807, 2.05) is 12.1 Å². The van der Waals surface area contributed by atoms with E-state index in [1.54, 1.807) is 12.1 Å². The minimum absolute atomic E-state index is 0.221. The van der Waals surface area contributed by atoms with Crippen molar-refractivity contribution in [3.63, 3.8) is 0 Å². The zero-order valence-corrected chi connectivity index (χ0v) is 14.2. The molecule has 0 saturated heterocycles. The quantitative estimate of drug-likeness (QED) is 0.763. The van der Waals surface area contributed by atoms with Crippen LogP contribution in [0.4, 0.5) is 11.4 Å². The molecule has 0 atom stereocenters. The maximum Gasteiger partial charge on any atom is 0.255 e. The molecule has 0 radical (unpaired) electrons. The van der Waals surface area contributed by atoms with Gasteiger partial charge in [-0.3, -0.25) is 9.59 Å². The summed E-state index contributed by atoms with van der Waals surface area (Å²) in [5, 5.41) is 2.64. The normalized spacial score (nSPS) is 12.7. The van der Waals surface area contributed by atoms with E-state index in [-0.39, 0.29) is 17.0 Å². The highest BCUT2D eigenvalue weighted by atomic mass is 16.2. The first-order valence-corrected chi connectivity index (χ1v) is 8.61. The van der Waals surface area contributed by atoms with Gasteiger partial charge in [0, 0.05) is 42.8 Å². The minimum Gasteiger partial charge on any atom is -0.367 e. The summed E-state index contributed by atoms with van der Waals surface area (Å²) in [6.45, 7) is 1.83. The number of fused-ring (bicyclic) bond motifs is 1. The zero-order valence-electron chi connectivity index (χ0n) is 14.2. The number of H-pyrrole nitrogens is 1. The van der Waals surface area contributed by atoms with E-state index in [9.17, 15) is 9.59 Å².